The predicted molar refractivity (Wildman–Crippen MR) is 131 cm³/mol. The Hall–Kier alpha value is -1.84. The van der Waals surface area contributed by atoms with Gasteiger partial charge in [0.1, 0.15) is 0 Å². The molecule has 55 heavy (non-hydrogen) atoms. The molecule has 0 aliphatic heterocycles. The van der Waals surface area contributed by atoms with Gasteiger partial charge in [-0.05, 0) is 55.8 Å². The van der Waals surface area contributed by atoms with Crippen LogP contribution in [-0.2, 0) is 0 Å². The van der Waals surface area contributed by atoms with Crippen molar-refractivity contribution < 1.29 is 126 Å². The van der Waals surface area contributed by atoms with E-state index in [1.807, 2.05) is 0 Å². The smallest absolute Gasteiger partial charge is 0.373 e. The van der Waals surface area contributed by atoms with E-state index in [1.54, 1.807) is 0 Å². The van der Waals surface area contributed by atoms with Crippen molar-refractivity contribution in [3.63, 3.8) is 0 Å². The lowest BCUT2D eigenvalue weighted by atomic mass is 9.51. The highest BCUT2D eigenvalue weighted by Crippen LogP contribution is 2.65. The first-order valence-corrected chi connectivity index (χ1v) is 15.1. The lowest BCUT2D eigenvalue weighted by Crippen LogP contribution is -2.68. The number of alkyl halides is 24. The number of aliphatic hydroxyl groups is 4. The molecule has 0 spiro atoms. The minimum atomic E-state index is -7.08. The van der Waals surface area contributed by atoms with Crippen LogP contribution in [0.1, 0.15) is 52.4 Å². The van der Waals surface area contributed by atoms with Gasteiger partial charge in [0, 0.05) is 23.7 Å². The summed E-state index contributed by atoms with van der Waals surface area (Å²) < 4.78 is 334. The number of rotatable bonds is 6. The molecule has 2 aliphatic rings. The summed E-state index contributed by atoms with van der Waals surface area (Å²) in [6, 6.07) is 0. The van der Waals surface area contributed by atoms with Gasteiger partial charge in [-0.25, -0.2) is 0 Å². The Morgan fingerprint density at radius 2 is 0.364 bits per heavy atom. The average molecular weight is 872 g/mol. The Morgan fingerprint density at radius 3 is 0.473 bits per heavy atom. The van der Waals surface area contributed by atoms with Crippen LogP contribution in [0.25, 0.3) is 0 Å². The van der Waals surface area contributed by atoms with Crippen LogP contribution in [0.4, 0.5) is 105 Å². The molecule has 0 aromatic rings. The van der Waals surface area contributed by atoms with Crippen molar-refractivity contribution in [2.45, 2.75) is 124 Å². The fraction of sp³-hybridized carbons (Fsp3) is 1.00. The van der Waals surface area contributed by atoms with Crippen LogP contribution in [0, 0.1) is 40.9 Å². The lowest BCUT2D eigenvalue weighted by Gasteiger charge is -2.56. The monoisotopic (exact) mass is 872 g/mol. The summed E-state index contributed by atoms with van der Waals surface area (Å²) in [5, 5.41) is 39.9. The lowest BCUT2D eigenvalue weighted by molar-refractivity contribution is -0.407. The average Bonchev–Trinajstić information content (AvgIpc) is 2.94. The first kappa shape index (κ1) is 49.3. The molecule has 2 aliphatic carbocycles. The summed E-state index contributed by atoms with van der Waals surface area (Å²) in [6.07, 6.45) is -70.7. The van der Waals surface area contributed by atoms with Crippen LogP contribution in [-0.4, -0.2) is 92.2 Å². The summed E-state index contributed by atoms with van der Waals surface area (Å²) in [6.45, 7) is 0.449. The maximum Gasteiger partial charge on any atom is 0.426 e. The van der Waals surface area contributed by atoms with E-state index < -0.39 is 151 Å². The Bertz CT molecular complexity index is 1100. The van der Waals surface area contributed by atoms with Crippen molar-refractivity contribution in [3.8, 4) is 0 Å². The van der Waals surface area contributed by atoms with E-state index in [2.05, 4.69) is 0 Å². The molecule has 2 rings (SSSR count). The molecule has 4 unspecified atom stereocenters. The second-order valence-corrected chi connectivity index (χ2v) is 14.5. The Kier molecular flexibility index (Phi) is 12.2. The van der Waals surface area contributed by atoms with Gasteiger partial charge in [-0.3, -0.25) is 0 Å². The topological polar surface area (TPSA) is 80.9 Å². The molecule has 4 atom stereocenters. The highest BCUT2D eigenvalue weighted by Gasteiger charge is 2.81. The van der Waals surface area contributed by atoms with Crippen LogP contribution in [0.5, 0.6) is 0 Å². The molecule has 328 valence electrons. The van der Waals surface area contributed by atoms with Gasteiger partial charge < -0.3 is 20.4 Å². The van der Waals surface area contributed by atoms with Crippen LogP contribution in [0.3, 0.4) is 0 Å². The first-order valence-electron chi connectivity index (χ1n) is 15.1. The van der Waals surface area contributed by atoms with Crippen molar-refractivity contribution in [2.24, 2.45) is 40.9 Å². The van der Waals surface area contributed by atoms with Gasteiger partial charge in [0.2, 0.25) is 0 Å². The fourth-order valence-corrected chi connectivity index (χ4v) is 8.05. The van der Waals surface area contributed by atoms with Crippen molar-refractivity contribution >= 4 is 0 Å². The molecule has 0 bridgehead atoms. The van der Waals surface area contributed by atoms with Gasteiger partial charge in [0.05, 0.1) is 0 Å². The van der Waals surface area contributed by atoms with E-state index in [9.17, 15) is 126 Å². The van der Waals surface area contributed by atoms with E-state index in [0.717, 1.165) is 0 Å². The van der Waals surface area contributed by atoms with E-state index in [1.165, 1.54) is 0 Å². The zero-order valence-corrected chi connectivity index (χ0v) is 27.1. The molecule has 2 saturated carbocycles. The standard InChI is InChI=1S/C27H28F24O4/c1-15(2,9-3-11(16(52,20(28,29)30)21(31,32)33)7-12(4-9)17(53,22(34,35)36)23(37,38)39)10-5-13(18(54,24(40,41)42)25(43,44)45)8-14(6-10)19(55,26(46,47)48)27(49,50)51/h9-14,52-55H,3-8H2,1-2H3. The highest BCUT2D eigenvalue weighted by atomic mass is 19.4. The molecule has 28 heteroatoms. The Labute approximate surface area is 291 Å². The molecule has 0 aromatic carbocycles. The van der Waals surface area contributed by atoms with Crippen LogP contribution < -0.4 is 0 Å². The molecule has 4 N–H and O–H groups in total. The molecule has 0 amide bonds. The largest absolute Gasteiger partial charge is 0.426 e. The van der Waals surface area contributed by atoms with Crippen molar-refractivity contribution in [1.29, 1.82) is 0 Å². The predicted octanol–water partition coefficient (Wildman–Crippen LogP) is 9.50. The minimum Gasteiger partial charge on any atom is -0.373 e. The van der Waals surface area contributed by atoms with Crippen molar-refractivity contribution in [1.82, 2.24) is 0 Å². The zero-order valence-electron chi connectivity index (χ0n) is 27.1. The number of hydrogen-bond donors (Lipinski definition) is 4. The maximum absolute atomic E-state index is 13.9. The second-order valence-electron chi connectivity index (χ2n) is 14.5. The molecule has 2 fully saturated rings. The summed E-state index contributed by atoms with van der Waals surface area (Å²) in [4.78, 5) is 0. The Balaban J connectivity index is 3.06. The molecule has 0 heterocycles. The number of hydrogen-bond acceptors (Lipinski definition) is 4. The van der Waals surface area contributed by atoms with Crippen LogP contribution >= 0.6 is 0 Å². The SMILES string of the molecule is CC(C)(C1CC(C(O)(C(F)(F)F)C(F)(F)F)CC(C(O)(C(F)(F)F)C(F)(F)F)C1)C1CC(C(O)(C(F)(F)F)C(F)(F)F)CC(C(O)(C(F)(F)F)C(F)(F)F)C1. The van der Waals surface area contributed by atoms with Gasteiger partial charge in [0.25, 0.3) is 22.4 Å². The van der Waals surface area contributed by atoms with E-state index in [-0.39, 0.29) is 13.8 Å². The second kappa shape index (κ2) is 13.6. The van der Waals surface area contributed by atoms with Crippen LogP contribution in [0.15, 0.2) is 0 Å². The molecule has 0 radical (unpaired) electrons. The molecular weight excluding hydrogens is 844 g/mol. The quantitative estimate of drug-likeness (QED) is 0.201. The third kappa shape index (κ3) is 7.75. The maximum atomic E-state index is 13.9. The molecule has 0 aromatic heterocycles. The van der Waals surface area contributed by atoms with E-state index >= 15 is 0 Å². The van der Waals surface area contributed by atoms with Crippen molar-refractivity contribution in [2.75, 3.05) is 0 Å². The molecule has 0 saturated heterocycles. The zero-order chi connectivity index (χ0) is 44.2. The fourth-order valence-electron chi connectivity index (χ4n) is 8.05. The third-order valence-corrected chi connectivity index (χ3v) is 11.3. The minimum absolute atomic E-state index is 0.224. The molecule has 4 nitrogen and oxygen atoms in total. The van der Waals surface area contributed by atoms with Crippen LogP contribution in [0.2, 0.25) is 0 Å². The van der Waals surface area contributed by atoms with Crippen molar-refractivity contribution in [3.05, 3.63) is 0 Å². The summed E-state index contributed by atoms with van der Waals surface area (Å²) in [5.41, 5.74) is -28.4. The van der Waals surface area contributed by atoms with Gasteiger partial charge in [-0.15, -0.1) is 0 Å². The van der Waals surface area contributed by atoms with E-state index in [0.29, 0.717) is 0 Å². The normalized spacial score (nSPS) is 27.4. The van der Waals surface area contributed by atoms with Gasteiger partial charge >= 0.3 is 49.4 Å². The highest BCUT2D eigenvalue weighted by molar-refractivity contribution is 5.12. The summed E-state index contributed by atoms with van der Waals surface area (Å²) >= 11 is 0. The third-order valence-electron chi connectivity index (χ3n) is 11.3. The summed E-state index contributed by atoms with van der Waals surface area (Å²) in [7, 11) is 0. The van der Waals surface area contributed by atoms with Gasteiger partial charge in [-0.2, -0.15) is 105 Å². The summed E-state index contributed by atoms with van der Waals surface area (Å²) in [5.74, 6) is -21.8. The number of halogens is 24. The molecular formula is C27H28F24O4. The van der Waals surface area contributed by atoms with E-state index in [4.69, 9.17) is 0 Å². The Morgan fingerprint density at radius 1 is 0.255 bits per heavy atom. The van der Waals surface area contributed by atoms with Gasteiger partial charge in [-0.1, -0.05) is 13.8 Å². The first-order chi connectivity index (χ1) is 23.6. The van der Waals surface area contributed by atoms with Gasteiger partial charge in [0.15, 0.2) is 0 Å².